The number of likely N-dealkylation sites (N-methyl/N-ethyl adjacent to an activating group) is 1. The minimum absolute atomic E-state index is 0.132. The maximum absolute atomic E-state index is 12.8. The number of nitrogens with zero attached hydrogens (tertiary/aromatic N) is 4. The zero-order valence-corrected chi connectivity index (χ0v) is 16.1. The van der Waals surface area contributed by atoms with Crippen molar-refractivity contribution >= 4 is 17.5 Å². The SMILES string of the molecule is CCN(CC(=O)N1CCCC(c2nc(C)no2)C1)Cc1ccccc1Cl. The number of likely N-dealkylation sites (tertiary alicyclic amines) is 1. The average Bonchev–Trinajstić information content (AvgIpc) is 3.09. The lowest BCUT2D eigenvalue weighted by Gasteiger charge is -2.32. The maximum Gasteiger partial charge on any atom is 0.236 e. The van der Waals surface area contributed by atoms with Gasteiger partial charge in [-0.15, -0.1) is 0 Å². The number of aryl methyl sites for hydroxylation is 1. The number of benzene rings is 1. The van der Waals surface area contributed by atoms with Gasteiger partial charge in [0.15, 0.2) is 5.82 Å². The second kappa shape index (κ2) is 8.64. The van der Waals surface area contributed by atoms with Crippen molar-refractivity contribution in [2.75, 3.05) is 26.2 Å². The first kappa shape index (κ1) is 18.9. The summed E-state index contributed by atoms with van der Waals surface area (Å²) in [5.41, 5.74) is 1.04. The molecule has 0 N–H and O–H groups in total. The van der Waals surface area contributed by atoms with Crippen molar-refractivity contribution in [3.8, 4) is 0 Å². The molecule has 1 amide bonds. The van der Waals surface area contributed by atoms with Crippen LogP contribution >= 0.6 is 11.6 Å². The van der Waals surface area contributed by atoms with Crippen molar-refractivity contribution in [1.82, 2.24) is 19.9 Å². The summed E-state index contributed by atoms with van der Waals surface area (Å²) >= 11 is 6.25. The standard InChI is InChI=1S/C19H25ClN4O2/c1-3-23(11-15-7-4-5-9-17(15)20)13-18(25)24-10-6-8-16(12-24)19-21-14(2)22-26-19/h4-5,7,9,16H,3,6,8,10-13H2,1-2H3. The van der Waals surface area contributed by atoms with Gasteiger partial charge in [-0.05, 0) is 37.9 Å². The van der Waals surface area contributed by atoms with Crippen molar-refractivity contribution in [3.63, 3.8) is 0 Å². The molecule has 2 aromatic rings. The van der Waals surface area contributed by atoms with Gasteiger partial charge in [0.25, 0.3) is 0 Å². The Kier molecular flexibility index (Phi) is 6.27. The Morgan fingerprint density at radius 1 is 1.42 bits per heavy atom. The highest BCUT2D eigenvalue weighted by Gasteiger charge is 2.28. The first-order valence-corrected chi connectivity index (χ1v) is 9.48. The molecule has 1 fully saturated rings. The van der Waals surface area contributed by atoms with Crippen LogP contribution in [0.4, 0.5) is 0 Å². The number of halogens is 1. The molecule has 7 heteroatoms. The van der Waals surface area contributed by atoms with Crippen LogP contribution in [-0.4, -0.2) is 52.0 Å². The van der Waals surface area contributed by atoms with Crippen molar-refractivity contribution in [2.45, 2.75) is 39.2 Å². The topological polar surface area (TPSA) is 62.5 Å². The van der Waals surface area contributed by atoms with Gasteiger partial charge in [-0.3, -0.25) is 9.69 Å². The Labute approximate surface area is 159 Å². The number of carbonyl (C=O) groups excluding carboxylic acids is 1. The highest BCUT2D eigenvalue weighted by Crippen LogP contribution is 2.26. The molecule has 1 aromatic carbocycles. The van der Waals surface area contributed by atoms with E-state index >= 15 is 0 Å². The third-order valence-electron chi connectivity index (χ3n) is 4.82. The van der Waals surface area contributed by atoms with Crippen molar-refractivity contribution < 1.29 is 9.32 Å². The van der Waals surface area contributed by atoms with Crippen LogP contribution in [0.25, 0.3) is 0 Å². The molecule has 0 aliphatic carbocycles. The van der Waals surface area contributed by atoms with Crippen molar-refractivity contribution in [2.24, 2.45) is 0 Å². The average molecular weight is 377 g/mol. The summed E-state index contributed by atoms with van der Waals surface area (Å²) in [4.78, 5) is 21.2. The Morgan fingerprint density at radius 2 is 2.23 bits per heavy atom. The molecule has 0 bridgehead atoms. The van der Waals surface area contributed by atoms with Crippen LogP contribution in [-0.2, 0) is 11.3 Å². The van der Waals surface area contributed by atoms with Gasteiger partial charge in [0, 0.05) is 24.7 Å². The van der Waals surface area contributed by atoms with Gasteiger partial charge in [-0.1, -0.05) is 41.9 Å². The molecule has 6 nitrogen and oxygen atoms in total. The summed E-state index contributed by atoms with van der Waals surface area (Å²) in [6, 6.07) is 7.78. The Bertz CT molecular complexity index is 749. The molecule has 0 saturated carbocycles. The molecule has 1 atom stereocenters. The lowest BCUT2D eigenvalue weighted by atomic mass is 9.98. The first-order chi connectivity index (χ1) is 12.6. The molecule has 0 spiro atoms. The number of rotatable bonds is 6. The molecule has 1 aliphatic rings. The van der Waals surface area contributed by atoms with E-state index in [4.69, 9.17) is 16.1 Å². The van der Waals surface area contributed by atoms with E-state index in [1.54, 1.807) is 0 Å². The van der Waals surface area contributed by atoms with E-state index in [1.165, 1.54) is 0 Å². The zero-order chi connectivity index (χ0) is 18.5. The minimum atomic E-state index is 0.132. The fourth-order valence-corrected chi connectivity index (χ4v) is 3.52. The predicted octanol–water partition coefficient (Wildman–Crippen LogP) is 3.26. The Morgan fingerprint density at radius 3 is 2.92 bits per heavy atom. The van der Waals surface area contributed by atoms with Gasteiger partial charge in [0.1, 0.15) is 0 Å². The van der Waals surface area contributed by atoms with Crippen molar-refractivity contribution in [3.05, 3.63) is 46.6 Å². The van der Waals surface area contributed by atoms with E-state index in [9.17, 15) is 4.79 Å². The number of hydrogen-bond donors (Lipinski definition) is 0. The summed E-state index contributed by atoms with van der Waals surface area (Å²) in [7, 11) is 0. The summed E-state index contributed by atoms with van der Waals surface area (Å²) in [6.07, 6.45) is 1.93. The van der Waals surface area contributed by atoms with E-state index in [1.807, 2.05) is 36.1 Å². The van der Waals surface area contributed by atoms with Crippen LogP contribution in [0.1, 0.15) is 43.0 Å². The number of piperidine rings is 1. The fraction of sp³-hybridized carbons (Fsp3) is 0.526. The van der Waals surface area contributed by atoms with E-state index < -0.39 is 0 Å². The normalized spacial score (nSPS) is 17.7. The molecule has 1 aliphatic heterocycles. The predicted molar refractivity (Wildman–Crippen MR) is 100.0 cm³/mol. The summed E-state index contributed by atoms with van der Waals surface area (Å²) in [5.74, 6) is 1.55. The molecule has 0 radical (unpaired) electrons. The maximum atomic E-state index is 12.8. The number of aromatic nitrogens is 2. The van der Waals surface area contributed by atoms with Crippen LogP contribution in [0, 0.1) is 6.92 Å². The van der Waals surface area contributed by atoms with E-state index in [0.717, 1.165) is 36.5 Å². The van der Waals surface area contributed by atoms with Gasteiger partial charge >= 0.3 is 0 Å². The molecule has 3 rings (SSSR count). The van der Waals surface area contributed by atoms with Gasteiger partial charge < -0.3 is 9.42 Å². The zero-order valence-electron chi connectivity index (χ0n) is 15.3. The summed E-state index contributed by atoms with van der Waals surface area (Å²) < 4.78 is 5.30. The Hall–Kier alpha value is -1.92. The third-order valence-corrected chi connectivity index (χ3v) is 5.19. The fourth-order valence-electron chi connectivity index (χ4n) is 3.32. The molecule has 26 heavy (non-hydrogen) atoms. The summed E-state index contributed by atoms with van der Waals surface area (Å²) in [6.45, 7) is 7.14. The number of carbonyl (C=O) groups is 1. The quantitative estimate of drug-likeness (QED) is 0.774. The number of amides is 1. The molecule has 1 unspecified atom stereocenters. The monoisotopic (exact) mass is 376 g/mol. The molecular formula is C19H25ClN4O2. The van der Waals surface area contributed by atoms with E-state index in [2.05, 4.69) is 22.0 Å². The van der Waals surface area contributed by atoms with Gasteiger partial charge in [0.2, 0.25) is 11.8 Å². The second-order valence-corrected chi connectivity index (χ2v) is 7.16. The lowest BCUT2D eigenvalue weighted by Crippen LogP contribution is -2.44. The third kappa shape index (κ3) is 4.62. The minimum Gasteiger partial charge on any atom is -0.341 e. The highest BCUT2D eigenvalue weighted by molar-refractivity contribution is 6.31. The van der Waals surface area contributed by atoms with Crippen LogP contribution < -0.4 is 0 Å². The molecule has 1 aromatic heterocycles. The molecular weight excluding hydrogens is 352 g/mol. The molecule has 1 saturated heterocycles. The van der Waals surface area contributed by atoms with Gasteiger partial charge in [-0.25, -0.2) is 0 Å². The lowest BCUT2D eigenvalue weighted by molar-refractivity contribution is -0.133. The van der Waals surface area contributed by atoms with Crippen LogP contribution in [0.5, 0.6) is 0 Å². The van der Waals surface area contributed by atoms with E-state index in [-0.39, 0.29) is 11.8 Å². The molecule has 140 valence electrons. The van der Waals surface area contributed by atoms with Gasteiger partial charge in [0.05, 0.1) is 12.5 Å². The smallest absolute Gasteiger partial charge is 0.236 e. The van der Waals surface area contributed by atoms with Crippen LogP contribution in [0.2, 0.25) is 5.02 Å². The second-order valence-electron chi connectivity index (χ2n) is 6.75. The van der Waals surface area contributed by atoms with Gasteiger partial charge in [-0.2, -0.15) is 4.98 Å². The number of hydrogen-bond acceptors (Lipinski definition) is 5. The molecule has 2 heterocycles. The summed E-state index contributed by atoms with van der Waals surface area (Å²) in [5, 5.41) is 4.61. The first-order valence-electron chi connectivity index (χ1n) is 9.10. The van der Waals surface area contributed by atoms with Crippen molar-refractivity contribution in [1.29, 1.82) is 0 Å². The van der Waals surface area contributed by atoms with Crippen LogP contribution in [0.15, 0.2) is 28.8 Å². The highest BCUT2D eigenvalue weighted by atomic mass is 35.5. The Balaban J connectivity index is 1.59. The largest absolute Gasteiger partial charge is 0.341 e. The van der Waals surface area contributed by atoms with Crippen LogP contribution in [0.3, 0.4) is 0 Å². The van der Waals surface area contributed by atoms with E-state index in [0.29, 0.717) is 31.3 Å².